The lowest BCUT2D eigenvalue weighted by atomic mass is 9.86. The molecule has 1 aliphatic heterocycles. The maximum Gasteiger partial charge on any atom is 0.251 e. The standard InChI is InChI=1S/C31H44N2O5S/c1-5-38-26-12-7-22(8-13-26)18-33-19-25-17-24(11-16-28(25)30(33)21(3)4)31(35)32-29(20-34)23-9-14-27(15-10-23)39(36,37)6-2/h9-11,14-17,21-22,26,29-30,34H,5-8,12-13,18-20H2,1-4H3,(H,32,35)/t22-,26+,29-,30-/m0/s1. The van der Waals surface area contributed by atoms with E-state index in [9.17, 15) is 18.3 Å². The summed E-state index contributed by atoms with van der Waals surface area (Å²) in [7, 11) is -3.31. The Hall–Kier alpha value is -2.26. The molecular weight excluding hydrogens is 512 g/mol. The fourth-order valence-corrected chi connectivity index (χ4v) is 7.13. The van der Waals surface area contributed by atoms with E-state index < -0.39 is 15.9 Å². The van der Waals surface area contributed by atoms with Crippen molar-refractivity contribution >= 4 is 15.7 Å². The van der Waals surface area contributed by atoms with Gasteiger partial charge in [0.25, 0.3) is 5.91 Å². The molecule has 0 spiro atoms. The Kier molecular flexibility index (Phi) is 9.86. The first-order valence-electron chi connectivity index (χ1n) is 14.4. The maximum absolute atomic E-state index is 13.2. The zero-order chi connectivity index (χ0) is 28.2. The van der Waals surface area contributed by atoms with Crippen LogP contribution in [0.1, 0.15) is 92.5 Å². The summed E-state index contributed by atoms with van der Waals surface area (Å²) in [5.74, 6) is 0.901. The highest BCUT2D eigenvalue weighted by Crippen LogP contribution is 2.41. The topological polar surface area (TPSA) is 95.9 Å². The van der Waals surface area contributed by atoms with Gasteiger partial charge >= 0.3 is 0 Å². The van der Waals surface area contributed by atoms with Gasteiger partial charge in [-0.1, -0.05) is 39.0 Å². The predicted octanol–water partition coefficient (Wildman–Crippen LogP) is 5.05. The number of fused-ring (bicyclic) bond motifs is 1. The first kappa shape index (κ1) is 29.7. The molecule has 7 nitrogen and oxygen atoms in total. The van der Waals surface area contributed by atoms with E-state index in [1.165, 1.54) is 36.1 Å². The third-order valence-electron chi connectivity index (χ3n) is 8.32. The normalized spacial score (nSPS) is 22.6. The average Bonchev–Trinajstić information content (AvgIpc) is 3.30. The number of rotatable bonds is 11. The molecule has 2 atom stereocenters. The molecule has 2 aliphatic rings. The minimum atomic E-state index is -3.31. The van der Waals surface area contributed by atoms with Crippen LogP contribution in [-0.4, -0.2) is 55.9 Å². The number of nitrogens with one attached hydrogen (secondary N) is 1. The number of ether oxygens (including phenoxy) is 1. The van der Waals surface area contributed by atoms with Gasteiger partial charge in [-0.2, -0.15) is 0 Å². The number of aliphatic hydroxyl groups is 1. The van der Waals surface area contributed by atoms with Gasteiger partial charge in [-0.15, -0.1) is 0 Å². The molecule has 2 aromatic rings. The van der Waals surface area contributed by atoms with Crippen molar-refractivity contribution in [2.45, 2.75) is 83.0 Å². The van der Waals surface area contributed by atoms with Crippen LogP contribution in [0.2, 0.25) is 0 Å². The van der Waals surface area contributed by atoms with Crippen molar-refractivity contribution in [3.8, 4) is 0 Å². The predicted molar refractivity (Wildman–Crippen MR) is 153 cm³/mol. The van der Waals surface area contributed by atoms with Gasteiger partial charge in [0.15, 0.2) is 9.84 Å². The molecule has 0 unspecified atom stereocenters. The van der Waals surface area contributed by atoms with Gasteiger partial charge in [-0.3, -0.25) is 9.69 Å². The van der Waals surface area contributed by atoms with Crippen LogP contribution in [0.5, 0.6) is 0 Å². The summed E-state index contributed by atoms with van der Waals surface area (Å²) in [4.78, 5) is 16.0. The molecule has 1 fully saturated rings. The van der Waals surface area contributed by atoms with Crippen molar-refractivity contribution in [1.29, 1.82) is 0 Å². The van der Waals surface area contributed by atoms with E-state index in [2.05, 4.69) is 37.1 Å². The van der Waals surface area contributed by atoms with Gasteiger partial charge in [0, 0.05) is 31.3 Å². The number of benzene rings is 2. The monoisotopic (exact) mass is 556 g/mol. The Morgan fingerprint density at radius 3 is 2.36 bits per heavy atom. The zero-order valence-corrected chi connectivity index (χ0v) is 24.5. The van der Waals surface area contributed by atoms with Crippen molar-refractivity contribution in [3.05, 3.63) is 64.7 Å². The molecule has 8 heteroatoms. The van der Waals surface area contributed by atoms with E-state index in [1.807, 2.05) is 12.1 Å². The Balaban J connectivity index is 1.44. The Morgan fingerprint density at radius 1 is 1.08 bits per heavy atom. The first-order valence-corrected chi connectivity index (χ1v) is 16.0. The van der Waals surface area contributed by atoms with Crippen molar-refractivity contribution in [1.82, 2.24) is 10.2 Å². The second-order valence-corrected chi connectivity index (χ2v) is 13.6. The number of carbonyl (C=O) groups excluding carboxylic acids is 1. The minimum absolute atomic E-state index is 0.0228. The van der Waals surface area contributed by atoms with E-state index >= 15 is 0 Å². The van der Waals surface area contributed by atoms with E-state index in [4.69, 9.17) is 4.74 Å². The lowest BCUT2D eigenvalue weighted by Crippen LogP contribution is -2.33. The highest BCUT2D eigenvalue weighted by molar-refractivity contribution is 7.91. The van der Waals surface area contributed by atoms with Gasteiger partial charge in [-0.25, -0.2) is 8.42 Å². The van der Waals surface area contributed by atoms with E-state index in [0.717, 1.165) is 32.5 Å². The summed E-state index contributed by atoms with van der Waals surface area (Å²) in [6.45, 7) is 10.6. The van der Waals surface area contributed by atoms with Gasteiger partial charge < -0.3 is 15.2 Å². The van der Waals surface area contributed by atoms with E-state index in [-0.39, 0.29) is 23.2 Å². The number of hydrogen-bond donors (Lipinski definition) is 2. The molecular formula is C31H44N2O5S. The van der Waals surface area contributed by atoms with Gasteiger partial charge in [0.1, 0.15) is 0 Å². The number of aliphatic hydroxyl groups excluding tert-OH is 1. The molecule has 0 aromatic heterocycles. The van der Waals surface area contributed by atoms with Crippen LogP contribution < -0.4 is 5.32 Å². The highest BCUT2D eigenvalue weighted by Gasteiger charge is 2.35. The molecule has 1 saturated carbocycles. The van der Waals surface area contributed by atoms with Gasteiger partial charge in [-0.05, 0) is 85.4 Å². The molecule has 4 rings (SSSR count). The van der Waals surface area contributed by atoms with Crippen molar-refractivity contribution in [2.24, 2.45) is 11.8 Å². The van der Waals surface area contributed by atoms with Gasteiger partial charge in [0.05, 0.1) is 29.4 Å². The number of sulfone groups is 1. The molecule has 0 radical (unpaired) electrons. The van der Waals surface area contributed by atoms with Crippen molar-refractivity contribution in [3.63, 3.8) is 0 Å². The van der Waals surface area contributed by atoms with Crippen LogP contribution in [0.25, 0.3) is 0 Å². The highest BCUT2D eigenvalue weighted by atomic mass is 32.2. The van der Waals surface area contributed by atoms with Crippen molar-refractivity contribution in [2.75, 3.05) is 25.5 Å². The van der Waals surface area contributed by atoms with Crippen LogP contribution in [0, 0.1) is 11.8 Å². The summed E-state index contributed by atoms with van der Waals surface area (Å²) >= 11 is 0. The Morgan fingerprint density at radius 2 is 1.77 bits per heavy atom. The van der Waals surface area contributed by atoms with Crippen LogP contribution in [0.15, 0.2) is 47.4 Å². The number of hydrogen-bond acceptors (Lipinski definition) is 6. The summed E-state index contributed by atoms with van der Waals surface area (Å²) in [5.41, 5.74) is 3.72. The third-order valence-corrected chi connectivity index (χ3v) is 10.1. The second kappa shape index (κ2) is 12.9. The first-order chi connectivity index (χ1) is 18.7. The van der Waals surface area contributed by atoms with Crippen LogP contribution in [-0.2, 0) is 21.1 Å². The quantitative estimate of drug-likeness (QED) is 0.402. The molecule has 39 heavy (non-hydrogen) atoms. The number of nitrogens with zero attached hydrogens (tertiary/aromatic N) is 1. The summed E-state index contributed by atoms with van der Waals surface area (Å²) in [6, 6.07) is 12.0. The van der Waals surface area contributed by atoms with Gasteiger partial charge in [0.2, 0.25) is 0 Å². The Bertz CT molecular complexity index is 1220. The summed E-state index contributed by atoms with van der Waals surface area (Å²) in [6.07, 6.45) is 5.08. The summed E-state index contributed by atoms with van der Waals surface area (Å²) < 4.78 is 30.1. The third kappa shape index (κ3) is 6.91. The largest absolute Gasteiger partial charge is 0.394 e. The number of amides is 1. The molecule has 1 aliphatic carbocycles. The van der Waals surface area contributed by atoms with E-state index in [1.54, 1.807) is 19.1 Å². The fraction of sp³-hybridized carbons (Fsp3) is 0.581. The second-order valence-electron chi connectivity index (χ2n) is 11.3. The van der Waals surface area contributed by atoms with E-state index in [0.29, 0.717) is 35.1 Å². The smallest absolute Gasteiger partial charge is 0.251 e. The van der Waals surface area contributed by atoms with Crippen LogP contribution in [0.4, 0.5) is 0 Å². The van der Waals surface area contributed by atoms with Crippen LogP contribution in [0.3, 0.4) is 0 Å². The fourth-order valence-electron chi connectivity index (χ4n) is 6.24. The lowest BCUT2D eigenvalue weighted by molar-refractivity contribution is 0.0175. The maximum atomic E-state index is 13.2. The molecule has 1 heterocycles. The van der Waals surface area contributed by atoms with Crippen LogP contribution >= 0.6 is 0 Å². The zero-order valence-electron chi connectivity index (χ0n) is 23.7. The molecule has 2 aromatic carbocycles. The number of carbonyl (C=O) groups is 1. The molecule has 0 saturated heterocycles. The lowest BCUT2D eigenvalue weighted by Gasteiger charge is -2.35. The Labute approximate surface area is 233 Å². The average molecular weight is 557 g/mol. The van der Waals surface area contributed by atoms with Crippen molar-refractivity contribution < 1.29 is 23.1 Å². The summed E-state index contributed by atoms with van der Waals surface area (Å²) in [5, 5.41) is 12.9. The molecule has 214 valence electrons. The molecule has 1 amide bonds. The SMILES string of the molecule is CCO[C@H]1CC[C@@H](CN2Cc3cc(C(=O)N[C@@H](CO)c4ccc(S(=O)(=O)CC)cc4)ccc3[C@@H]2C(C)C)CC1. The molecule has 2 N–H and O–H groups in total. The minimum Gasteiger partial charge on any atom is -0.394 e. The molecule has 0 bridgehead atoms.